The van der Waals surface area contributed by atoms with E-state index >= 15 is 0 Å². The summed E-state index contributed by atoms with van der Waals surface area (Å²) >= 11 is 0. The van der Waals surface area contributed by atoms with E-state index in [4.69, 9.17) is 4.74 Å². The van der Waals surface area contributed by atoms with Crippen LogP contribution in [0.5, 0.6) is 0 Å². The zero-order valence-corrected chi connectivity index (χ0v) is 15.5. The number of nitrogens with one attached hydrogen (secondary N) is 1. The number of hydrogen-bond donors (Lipinski definition) is 1. The molecule has 0 unspecified atom stereocenters. The van der Waals surface area contributed by atoms with Gasteiger partial charge in [0, 0.05) is 24.7 Å². The Morgan fingerprint density at radius 3 is 2.38 bits per heavy atom. The zero-order valence-electron chi connectivity index (χ0n) is 15.5. The van der Waals surface area contributed by atoms with E-state index < -0.39 is 0 Å². The quantitative estimate of drug-likeness (QED) is 0.873. The summed E-state index contributed by atoms with van der Waals surface area (Å²) in [5, 5.41) is 3.01. The van der Waals surface area contributed by atoms with Crippen molar-refractivity contribution >= 4 is 17.5 Å². The van der Waals surface area contributed by atoms with Gasteiger partial charge in [-0.15, -0.1) is 0 Å². The molecule has 0 spiro atoms. The molecule has 2 heterocycles. The molecule has 2 saturated heterocycles. The number of rotatable bonds is 5. The van der Waals surface area contributed by atoms with E-state index in [2.05, 4.69) is 10.2 Å². The first-order valence-corrected chi connectivity index (χ1v) is 9.65. The molecule has 1 atom stereocenters. The molecule has 2 fully saturated rings. The molecule has 2 amide bonds. The third kappa shape index (κ3) is 4.62. The van der Waals surface area contributed by atoms with Crippen LogP contribution in [0, 0.1) is 5.92 Å². The van der Waals surface area contributed by atoms with E-state index in [9.17, 15) is 9.59 Å². The maximum Gasteiger partial charge on any atom is 0.241 e. The highest BCUT2D eigenvalue weighted by Crippen LogP contribution is 2.23. The fourth-order valence-electron chi connectivity index (χ4n) is 3.86. The van der Waals surface area contributed by atoms with Gasteiger partial charge in [0.2, 0.25) is 11.8 Å². The van der Waals surface area contributed by atoms with Gasteiger partial charge in [-0.3, -0.25) is 14.5 Å². The number of piperidine rings is 1. The number of para-hydroxylation sites is 1. The van der Waals surface area contributed by atoms with E-state index in [1.54, 1.807) is 0 Å². The van der Waals surface area contributed by atoms with Gasteiger partial charge < -0.3 is 15.0 Å². The van der Waals surface area contributed by atoms with Gasteiger partial charge in [-0.2, -0.15) is 0 Å². The van der Waals surface area contributed by atoms with E-state index in [1.807, 2.05) is 42.2 Å². The topological polar surface area (TPSA) is 61.9 Å². The summed E-state index contributed by atoms with van der Waals surface area (Å²) in [7, 11) is 0. The number of ether oxygens (including phenoxy) is 1. The number of hydrogen-bond acceptors (Lipinski definition) is 4. The average Bonchev–Trinajstić information content (AvgIpc) is 2.70. The molecule has 1 N–H and O–H groups in total. The second kappa shape index (κ2) is 9.14. The lowest BCUT2D eigenvalue weighted by molar-refractivity contribution is -0.141. The minimum absolute atomic E-state index is 0.0386. The van der Waals surface area contributed by atoms with Crippen LogP contribution < -0.4 is 5.32 Å². The van der Waals surface area contributed by atoms with Crippen LogP contribution in [0.3, 0.4) is 0 Å². The number of benzene rings is 1. The third-order valence-electron chi connectivity index (χ3n) is 5.37. The molecule has 6 heteroatoms. The Bertz CT molecular complexity index is 594. The van der Waals surface area contributed by atoms with Crippen LogP contribution in [0.25, 0.3) is 0 Å². The van der Waals surface area contributed by atoms with Crippen LogP contribution >= 0.6 is 0 Å². The molecule has 2 aliphatic heterocycles. The molecule has 1 aromatic rings. The molecule has 0 bridgehead atoms. The molecule has 3 rings (SSSR count). The maximum atomic E-state index is 12.7. The van der Waals surface area contributed by atoms with Gasteiger partial charge in [0.25, 0.3) is 0 Å². The molecule has 0 saturated carbocycles. The van der Waals surface area contributed by atoms with Crippen molar-refractivity contribution in [1.82, 2.24) is 9.80 Å². The first kappa shape index (κ1) is 18.9. The van der Waals surface area contributed by atoms with Crippen LogP contribution in [0.2, 0.25) is 0 Å². The maximum absolute atomic E-state index is 12.7. The normalized spacial score (nSPS) is 20.6. The summed E-state index contributed by atoms with van der Waals surface area (Å²) in [5.74, 6) is 0.380. The third-order valence-corrected chi connectivity index (χ3v) is 5.37. The molecule has 1 aromatic carbocycles. The van der Waals surface area contributed by atoms with Gasteiger partial charge in [0.15, 0.2) is 0 Å². The standard InChI is InChI=1S/C20H29N3O3/c1-2-18(19(24)21-17-6-4-3-5-7-17)22-10-8-16(9-11-22)20(25)23-12-14-26-15-13-23/h3-7,16,18H,2,8-15H2,1H3,(H,21,24)/t18-/m1/s1. The van der Waals surface area contributed by atoms with E-state index in [0.29, 0.717) is 26.3 Å². The Balaban J connectivity index is 1.52. The van der Waals surface area contributed by atoms with Gasteiger partial charge >= 0.3 is 0 Å². The van der Waals surface area contributed by atoms with Crippen LogP contribution in [0.4, 0.5) is 5.69 Å². The van der Waals surface area contributed by atoms with Gasteiger partial charge in [-0.05, 0) is 44.5 Å². The highest BCUT2D eigenvalue weighted by atomic mass is 16.5. The number of anilines is 1. The van der Waals surface area contributed by atoms with Crippen LogP contribution in [-0.4, -0.2) is 67.0 Å². The van der Waals surface area contributed by atoms with Gasteiger partial charge in [0.1, 0.15) is 0 Å². The monoisotopic (exact) mass is 359 g/mol. The predicted octanol–water partition coefficient (Wildman–Crippen LogP) is 1.97. The number of nitrogens with zero attached hydrogens (tertiary/aromatic N) is 2. The lowest BCUT2D eigenvalue weighted by Crippen LogP contribution is -2.50. The van der Waals surface area contributed by atoms with Crippen molar-refractivity contribution in [2.75, 3.05) is 44.7 Å². The van der Waals surface area contributed by atoms with Gasteiger partial charge in [0.05, 0.1) is 19.3 Å². The number of amides is 2. The Morgan fingerprint density at radius 1 is 1.12 bits per heavy atom. The van der Waals surface area contributed by atoms with E-state index in [1.165, 1.54) is 0 Å². The first-order chi connectivity index (χ1) is 12.7. The molecular weight excluding hydrogens is 330 g/mol. The van der Waals surface area contributed by atoms with Crippen LogP contribution in [-0.2, 0) is 14.3 Å². The smallest absolute Gasteiger partial charge is 0.241 e. The lowest BCUT2D eigenvalue weighted by Gasteiger charge is -2.38. The summed E-state index contributed by atoms with van der Waals surface area (Å²) in [6.07, 6.45) is 2.41. The second-order valence-electron chi connectivity index (χ2n) is 7.03. The van der Waals surface area contributed by atoms with E-state index in [0.717, 1.165) is 38.0 Å². The summed E-state index contributed by atoms with van der Waals surface area (Å²) in [6, 6.07) is 9.42. The highest BCUT2D eigenvalue weighted by Gasteiger charge is 2.33. The summed E-state index contributed by atoms with van der Waals surface area (Å²) in [4.78, 5) is 29.5. The van der Waals surface area contributed by atoms with Crippen molar-refractivity contribution in [3.63, 3.8) is 0 Å². The summed E-state index contributed by atoms with van der Waals surface area (Å²) < 4.78 is 5.33. The van der Waals surface area contributed by atoms with Crippen molar-refractivity contribution in [3.8, 4) is 0 Å². The Hall–Kier alpha value is -1.92. The molecular formula is C20H29N3O3. The fourth-order valence-corrected chi connectivity index (χ4v) is 3.86. The minimum atomic E-state index is -0.144. The summed E-state index contributed by atoms with van der Waals surface area (Å²) in [6.45, 7) is 6.32. The number of morpholine rings is 1. The molecule has 142 valence electrons. The minimum Gasteiger partial charge on any atom is -0.378 e. The van der Waals surface area contributed by atoms with Crippen molar-refractivity contribution in [1.29, 1.82) is 0 Å². The molecule has 0 radical (unpaired) electrons. The highest BCUT2D eigenvalue weighted by molar-refractivity contribution is 5.94. The SMILES string of the molecule is CC[C@H](C(=O)Nc1ccccc1)N1CCC(C(=O)N2CCOCC2)CC1. The van der Waals surface area contributed by atoms with Gasteiger partial charge in [-0.1, -0.05) is 25.1 Å². The second-order valence-corrected chi connectivity index (χ2v) is 7.03. The molecule has 6 nitrogen and oxygen atoms in total. The van der Waals surface area contributed by atoms with Crippen LogP contribution in [0.15, 0.2) is 30.3 Å². The fraction of sp³-hybridized carbons (Fsp3) is 0.600. The number of likely N-dealkylation sites (tertiary alicyclic amines) is 1. The van der Waals surface area contributed by atoms with Crippen molar-refractivity contribution in [2.24, 2.45) is 5.92 Å². The molecule has 26 heavy (non-hydrogen) atoms. The number of carbonyl (C=O) groups is 2. The first-order valence-electron chi connectivity index (χ1n) is 9.65. The zero-order chi connectivity index (χ0) is 18.4. The predicted molar refractivity (Wildman–Crippen MR) is 101 cm³/mol. The van der Waals surface area contributed by atoms with Crippen LogP contribution in [0.1, 0.15) is 26.2 Å². The Morgan fingerprint density at radius 2 is 1.77 bits per heavy atom. The Kier molecular flexibility index (Phi) is 6.63. The lowest BCUT2D eigenvalue weighted by atomic mass is 9.93. The average molecular weight is 359 g/mol. The molecule has 0 aromatic heterocycles. The number of carbonyl (C=O) groups excluding carboxylic acids is 2. The summed E-state index contributed by atoms with van der Waals surface area (Å²) in [5.41, 5.74) is 0.827. The van der Waals surface area contributed by atoms with Crippen molar-refractivity contribution < 1.29 is 14.3 Å². The Labute approximate surface area is 155 Å². The van der Waals surface area contributed by atoms with E-state index in [-0.39, 0.29) is 23.8 Å². The van der Waals surface area contributed by atoms with Crippen molar-refractivity contribution in [2.45, 2.75) is 32.2 Å². The molecule has 2 aliphatic rings. The largest absolute Gasteiger partial charge is 0.378 e. The van der Waals surface area contributed by atoms with Gasteiger partial charge in [-0.25, -0.2) is 0 Å². The van der Waals surface area contributed by atoms with Crippen molar-refractivity contribution in [3.05, 3.63) is 30.3 Å². The molecule has 0 aliphatic carbocycles.